The van der Waals surface area contributed by atoms with Gasteiger partial charge >= 0.3 is 0 Å². The number of rotatable bonds is 6. The van der Waals surface area contributed by atoms with Gasteiger partial charge in [-0.2, -0.15) is 0 Å². The third kappa shape index (κ3) is 3.24. The van der Waals surface area contributed by atoms with Crippen molar-refractivity contribution in [1.82, 2.24) is 5.32 Å². The monoisotopic (exact) mass is 221 g/mol. The van der Waals surface area contributed by atoms with Crippen LogP contribution in [0.3, 0.4) is 0 Å². The maximum atomic E-state index is 5.49. The Morgan fingerprint density at radius 1 is 1.25 bits per heavy atom. The van der Waals surface area contributed by atoms with E-state index in [-0.39, 0.29) is 0 Å². The van der Waals surface area contributed by atoms with Crippen LogP contribution in [0.2, 0.25) is 0 Å². The SMILES string of the molecule is CCNCCCc1ccc(C)c(C)c1OC. The molecule has 0 aliphatic carbocycles. The van der Waals surface area contributed by atoms with E-state index < -0.39 is 0 Å². The summed E-state index contributed by atoms with van der Waals surface area (Å²) in [6, 6.07) is 4.37. The fourth-order valence-electron chi connectivity index (χ4n) is 1.91. The second-order valence-electron chi connectivity index (χ2n) is 4.16. The molecule has 0 unspecified atom stereocenters. The number of ether oxygens (including phenoxy) is 1. The van der Waals surface area contributed by atoms with Gasteiger partial charge in [-0.1, -0.05) is 19.1 Å². The zero-order chi connectivity index (χ0) is 12.0. The molecule has 0 bridgehead atoms. The molecule has 90 valence electrons. The lowest BCUT2D eigenvalue weighted by Crippen LogP contribution is -2.14. The van der Waals surface area contributed by atoms with Crippen molar-refractivity contribution in [2.45, 2.75) is 33.6 Å². The van der Waals surface area contributed by atoms with E-state index in [9.17, 15) is 0 Å². The van der Waals surface area contributed by atoms with Gasteiger partial charge in [0.1, 0.15) is 5.75 Å². The molecule has 0 fully saturated rings. The van der Waals surface area contributed by atoms with Crippen molar-refractivity contribution < 1.29 is 4.74 Å². The molecule has 0 amide bonds. The molecule has 0 radical (unpaired) electrons. The van der Waals surface area contributed by atoms with E-state index in [4.69, 9.17) is 4.74 Å². The topological polar surface area (TPSA) is 21.3 Å². The van der Waals surface area contributed by atoms with Crippen LogP contribution in [-0.4, -0.2) is 20.2 Å². The molecule has 1 N–H and O–H groups in total. The molecule has 1 aromatic rings. The minimum atomic E-state index is 1.05. The summed E-state index contributed by atoms with van der Waals surface area (Å²) in [4.78, 5) is 0. The van der Waals surface area contributed by atoms with Crippen LogP contribution in [0, 0.1) is 13.8 Å². The second kappa shape index (κ2) is 6.54. The summed E-state index contributed by atoms with van der Waals surface area (Å²) < 4.78 is 5.49. The summed E-state index contributed by atoms with van der Waals surface area (Å²) in [5, 5.41) is 3.34. The predicted molar refractivity (Wildman–Crippen MR) is 69.3 cm³/mol. The van der Waals surface area contributed by atoms with Gasteiger partial charge in [-0.3, -0.25) is 0 Å². The van der Waals surface area contributed by atoms with E-state index in [0.717, 1.165) is 31.7 Å². The first-order valence-electron chi connectivity index (χ1n) is 6.04. The van der Waals surface area contributed by atoms with Crippen molar-refractivity contribution in [2.24, 2.45) is 0 Å². The average molecular weight is 221 g/mol. The molecular formula is C14H23NO. The maximum Gasteiger partial charge on any atom is 0.125 e. The molecular weight excluding hydrogens is 198 g/mol. The van der Waals surface area contributed by atoms with Gasteiger partial charge in [0.2, 0.25) is 0 Å². The molecule has 16 heavy (non-hydrogen) atoms. The molecule has 0 aromatic heterocycles. The van der Waals surface area contributed by atoms with Gasteiger partial charge in [-0.25, -0.2) is 0 Å². The highest BCUT2D eigenvalue weighted by Crippen LogP contribution is 2.26. The van der Waals surface area contributed by atoms with E-state index in [1.165, 1.54) is 16.7 Å². The summed E-state index contributed by atoms with van der Waals surface area (Å²) in [7, 11) is 1.76. The number of methoxy groups -OCH3 is 1. The molecule has 0 atom stereocenters. The molecule has 2 nitrogen and oxygen atoms in total. The van der Waals surface area contributed by atoms with Gasteiger partial charge in [0, 0.05) is 0 Å². The first-order valence-corrected chi connectivity index (χ1v) is 6.04. The fraction of sp³-hybridized carbons (Fsp3) is 0.571. The first-order chi connectivity index (χ1) is 7.70. The van der Waals surface area contributed by atoms with Crippen LogP contribution in [0.25, 0.3) is 0 Å². The first kappa shape index (κ1) is 13.0. The third-order valence-corrected chi connectivity index (χ3v) is 3.01. The lowest BCUT2D eigenvalue weighted by atomic mass is 10.0. The highest BCUT2D eigenvalue weighted by molar-refractivity contribution is 5.45. The van der Waals surface area contributed by atoms with Crippen molar-refractivity contribution in [2.75, 3.05) is 20.2 Å². The molecule has 1 aromatic carbocycles. The number of hydrogen-bond donors (Lipinski definition) is 1. The molecule has 2 heteroatoms. The Kier molecular flexibility index (Phi) is 5.33. The smallest absolute Gasteiger partial charge is 0.125 e. The molecule has 0 spiro atoms. The molecule has 1 rings (SSSR count). The fourth-order valence-corrected chi connectivity index (χ4v) is 1.91. The zero-order valence-corrected chi connectivity index (χ0v) is 10.9. The lowest BCUT2D eigenvalue weighted by Gasteiger charge is -2.13. The highest BCUT2D eigenvalue weighted by atomic mass is 16.5. The van der Waals surface area contributed by atoms with Crippen LogP contribution in [0.1, 0.15) is 30.0 Å². The summed E-state index contributed by atoms with van der Waals surface area (Å²) >= 11 is 0. The van der Waals surface area contributed by atoms with Crippen molar-refractivity contribution in [3.8, 4) is 5.75 Å². The summed E-state index contributed by atoms with van der Waals surface area (Å²) in [6.07, 6.45) is 2.24. The van der Waals surface area contributed by atoms with E-state index >= 15 is 0 Å². The van der Waals surface area contributed by atoms with Crippen LogP contribution >= 0.6 is 0 Å². The Balaban J connectivity index is 2.68. The highest BCUT2D eigenvalue weighted by Gasteiger charge is 2.07. The predicted octanol–water partition coefficient (Wildman–Crippen LogP) is 2.85. The number of aryl methyl sites for hydroxylation is 2. The molecule has 0 aliphatic rings. The Hall–Kier alpha value is -1.02. The van der Waals surface area contributed by atoms with Crippen molar-refractivity contribution in [3.63, 3.8) is 0 Å². The Labute approximate surface area is 99.0 Å². The van der Waals surface area contributed by atoms with Crippen LogP contribution in [0.15, 0.2) is 12.1 Å². The van der Waals surface area contributed by atoms with Gasteiger partial charge in [-0.05, 0) is 56.5 Å². The second-order valence-corrected chi connectivity index (χ2v) is 4.16. The number of hydrogen-bond acceptors (Lipinski definition) is 2. The van der Waals surface area contributed by atoms with Gasteiger partial charge in [0.05, 0.1) is 7.11 Å². The quantitative estimate of drug-likeness (QED) is 0.746. The van der Waals surface area contributed by atoms with Crippen LogP contribution in [0.5, 0.6) is 5.75 Å². The van der Waals surface area contributed by atoms with Gasteiger partial charge in [0.25, 0.3) is 0 Å². The summed E-state index contributed by atoms with van der Waals surface area (Å²) in [5.41, 5.74) is 3.89. The average Bonchev–Trinajstić information content (AvgIpc) is 2.29. The molecule has 0 aliphatic heterocycles. The maximum absolute atomic E-state index is 5.49. The van der Waals surface area contributed by atoms with Crippen LogP contribution in [-0.2, 0) is 6.42 Å². The Morgan fingerprint density at radius 2 is 2.00 bits per heavy atom. The minimum absolute atomic E-state index is 1.05. The van der Waals surface area contributed by atoms with Crippen LogP contribution < -0.4 is 10.1 Å². The van der Waals surface area contributed by atoms with E-state index in [0.29, 0.717) is 0 Å². The van der Waals surface area contributed by atoms with Gasteiger partial charge in [0.15, 0.2) is 0 Å². The van der Waals surface area contributed by atoms with Gasteiger partial charge < -0.3 is 10.1 Å². The number of nitrogens with one attached hydrogen (secondary N) is 1. The van der Waals surface area contributed by atoms with Gasteiger partial charge in [-0.15, -0.1) is 0 Å². The molecule has 0 saturated heterocycles. The van der Waals surface area contributed by atoms with Crippen molar-refractivity contribution in [1.29, 1.82) is 0 Å². The Bertz CT molecular complexity index is 334. The van der Waals surface area contributed by atoms with Crippen molar-refractivity contribution in [3.05, 3.63) is 28.8 Å². The normalized spacial score (nSPS) is 10.5. The molecule has 0 heterocycles. The van der Waals surface area contributed by atoms with E-state index in [2.05, 4.69) is 38.2 Å². The summed E-state index contributed by atoms with van der Waals surface area (Å²) in [5.74, 6) is 1.07. The number of benzene rings is 1. The lowest BCUT2D eigenvalue weighted by molar-refractivity contribution is 0.405. The van der Waals surface area contributed by atoms with Crippen molar-refractivity contribution >= 4 is 0 Å². The zero-order valence-electron chi connectivity index (χ0n) is 10.9. The largest absolute Gasteiger partial charge is 0.496 e. The Morgan fingerprint density at radius 3 is 2.62 bits per heavy atom. The van der Waals surface area contributed by atoms with E-state index in [1.54, 1.807) is 7.11 Å². The van der Waals surface area contributed by atoms with E-state index in [1.807, 2.05) is 0 Å². The standard InChI is InChI=1S/C14H23NO/c1-5-15-10-6-7-13-9-8-11(2)12(3)14(13)16-4/h8-9,15H,5-7,10H2,1-4H3. The van der Waals surface area contributed by atoms with Crippen LogP contribution in [0.4, 0.5) is 0 Å². The molecule has 0 saturated carbocycles. The minimum Gasteiger partial charge on any atom is -0.496 e. The summed E-state index contributed by atoms with van der Waals surface area (Å²) in [6.45, 7) is 8.51. The third-order valence-electron chi connectivity index (χ3n) is 3.01.